The highest BCUT2D eigenvalue weighted by Crippen LogP contribution is 2.26. The highest BCUT2D eigenvalue weighted by molar-refractivity contribution is 6.00. The Morgan fingerprint density at radius 1 is 1.00 bits per heavy atom. The molecule has 0 aromatic heterocycles. The van der Waals surface area contributed by atoms with Crippen LogP contribution < -0.4 is 10.2 Å². The van der Waals surface area contributed by atoms with Crippen molar-refractivity contribution in [3.63, 3.8) is 0 Å². The molecule has 1 saturated heterocycles. The number of esters is 2. The third-order valence-electron chi connectivity index (χ3n) is 5.14. The van der Waals surface area contributed by atoms with Gasteiger partial charge in [-0.25, -0.2) is 4.79 Å². The van der Waals surface area contributed by atoms with Crippen LogP contribution >= 0.6 is 0 Å². The standard InChI is InChI=1S/C24H26N2O6/c1-3-16-5-9-19(10-6-16)25-21(27)15-32-24(30)18-13-22(28)26(14-18)20-11-7-17(8-12-20)23(29)31-4-2/h5-12,18H,3-4,13-15H2,1-2H3,(H,25,27)/t18-/m0/s1. The molecule has 32 heavy (non-hydrogen) atoms. The molecule has 2 aromatic rings. The molecule has 1 aliphatic rings. The fourth-order valence-electron chi connectivity index (χ4n) is 3.38. The first kappa shape index (κ1) is 23.0. The van der Waals surface area contributed by atoms with Gasteiger partial charge < -0.3 is 19.7 Å². The molecule has 1 heterocycles. The molecule has 2 amide bonds. The molecule has 1 fully saturated rings. The van der Waals surface area contributed by atoms with Gasteiger partial charge in [-0.05, 0) is 55.3 Å². The number of benzene rings is 2. The highest BCUT2D eigenvalue weighted by Gasteiger charge is 2.36. The maximum atomic E-state index is 12.4. The summed E-state index contributed by atoms with van der Waals surface area (Å²) in [5, 5.41) is 2.67. The number of rotatable bonds is 8. The van der Waals surface area contributed by atoms with Gasteiger partial charge in [0.1, 0.15) is 0 Å². The lowest BCUT2D eigenvalue weighted by molar-refractivity contribution is -0.151. The van der Waals surface area contributed by atoms with Crippen molar-refractivity contribution in [2.24, 2.45) is 5.92 Å². The highest BCUT2D eigenvalue weighted by atomic mass is 16.5. The number of carbonyl (C=O) groups is 4. The van der Waals surface area contributed by atoms with Crippen LogP contribution in [0.4, 0.5) is 11.4 Å². The van der Waals surface area contributed by atoms with Crippen LogP contribution in [0.3, 0.4) is 0 Å². The quantitative estimate of drug-likeness (QED) is 0.636. The Balaban J connectivity index is 1.51. The number of anilines is 2. The van der Waals surface area contributed by atoms with E-state index in [9.17, 15) is 19.2 Å². The van der Waals surface area contributed by atoms with Gasteiger partial charge in [0.15, 0.2) is 6.61 Å². The number of nitrogens with zero attached hydrogens (tertiary/aromatic N) is 1. The Kier molecular flexibility index (Phi) is 7.59. The molecule has 1 atom stereocenters. The second-order valence-electron chi connectivity index (χ2n) is 7.38. The SMILES string of the molecule is CCOC(=O)c1ccc(N2C[C@@H](C(=O)OCC(=O)Nc3ccc(CC)cc3)CC2=O)cc1. The Hall–Kier alpha value is -3.68. The molecule has 0 radical (unpaired) electrons. The van der Waals surface area contributed by atoms with Crippen LogP contribution in [0.15, 0.2) is 48.5 Å². The van der Waals surface area contributed by atoms with Crippen molar-refractivity contribution in [1.82, 2.24) is 0 Å². The van der Waals surface area contributed by atoms with E-state index in [1.807, 2.05) is 19.1 Å². The monoisotopic (exact) mass is 438 g/mol. The minimum absolute atomic E-state index is 0.00143. The topological polar surface area (TPSA) is 102 Å². The van der Waals surface area contributed by atoms with Gasteiger partial charge in [-0.3, -0.25) is 14.4 Å². The van der Waals surface area contributed by atoms with Crippen molar-refractivity contribution >= 4 is 35.1 Å². The summed E-state index contributed by atoms with van der Waals surface area (Å²) >= 11 is 0. The Morgan fingerprint density at radius 2 is 1.69 bits per heavy atom. The number of amides is 2. The number of nitrogens with one attached hydrogen (secondary N) is 1. The van der Waals surface area contributed by atoms with E-state index in [2.05, 4.69) is 5.32 Å². The first-order valence-electron chi connectivity index (χ1n) is 10.5. The molecular weight excluding hydrogens is 412 g/mol. The van der Waals surface area contributed by atoms with Gasteiger partial charge >= 0.3 is 11.9 Å². The zero-order valence-electron chi connectivity index (χ0n) is 18.1. The molecule has 0 bridgehead atoms. The van der Waals surface area contributed by atoms with Crippen LogP contribution in [0, 0.1) is 5.92 Å². The molecular formula is C24H26N2O6. The smallest absolute Gasteiger partial charge is 0.338 e. The zero-order chi connectivity index (χ0) is 23.1. The molecule has 1 N–H and O–H groups in total. The van der Waals surface area contributed by atoms with Gasteiger partial charge in [-0.2, -0.15) is 0 Å². The predicted octanol–water partition coefficient (Wildman–Crippen LogP) is 2.96. The zero-order valence-corrected chi connectivity index (χ0v) is 18.1. The van der Waals surface area contributed by atoms with Gasteiger partial charge in [-0.1, -0.05) is 19.1 Å². The maximum absolute atomic E-state index is 12.4. The molecule has 2 aromatic carbocycles. The van der Waals surface area contributed by atoms with E-state index in [1.54, 1.807) is 43.3 Å². The number of ether oxygens (including phenoxy) is 2. The lowest BCUT2D eigenvalue weighted by Gasteiger charge is -2.17. The first-order valence-corrected chi connectivity index (χ1v) is 10.5. The first-order chi connectivity index (χ1) is 15.4. The Morgan fingerprint density at radius 3 is 2.31 bits per heavy atom. The molecule has 1 aliphatic heterocycles. The van der Waals surface area contributed by atoms with E-state index in [1.165, 1.54) is 4.90 Å². The fraction of sp³-hybridized carbons (Fsp3) is 0.333. The second-order valence-corrected chi connectivity index (χ2v) is 7.38. The van der Waals surface area contributed by atoms with Gasteiger partial charge in [-0.15, -0.1) is 0 Å². The summed E-state index contributed by atoms with van der Waals surface area (Å²) in [5.74, 6) is -2.37. The minimum Gasteiger partial charge on any atom is -0.462 e. The second kappa shape index (κ2) is 10.6. The number of hydrogen-bond donors (Lipinski definition) is 1. The van der Waals surface area contributed by atoms with Gasteiger partial charge in [0.2, 0.25) is 5.91 Å². The lowest BCUT2D eigenvalue weighted by Crippen LogP contribution is -2.28. The van der Waals surface area contributed by atoms with Crippen LogP contribution in [0.5, 0.6) is 0 Å². The van der Waals surface area contributed by atoms with Crippen molar-refractivity contribution < 1.29 is 28.7 Å². The summed E-state index contributed by atoms with van der Waals surface area (Å²) in [6.07, 6.45) is 0.900. The summed E-state index contributed by atoms with van der Waals surface area (Å²) in [7, 11) is 0. The van der Waals surface area contributed by atoms with E-state index in [0.717, 1.165) is 12.0 Å². The average Bonchev–Trinajstić information content (AvgIpc) is 3.20. The van der Waals surface area contributed by atoms with Crippen molar-refractivity contribution in [2.75, 3.05) is 30.0 Å². The molecule has 3 rings (SSSR count). The van der Waals surface area contributed by atoms with Crippen molar-refractivity contribution in [3.05, 3.63) is 59.7 Å². The van der Waals surface area contributed by atoms with E-state index in [4.69, 9.17) is 9.47 Å². The largest absolute Gasteiger partial charge is 0.462 e. The third-order valence-corrected chi connectivity index (χ3v) is 5.14. The van der Waals surface area contributed by atoms with Crippen LogP contribution in [-0.2, 0) is 30.3 Å². The van der Waals surface area contributed by atoms with Crippen molar-refractivity contribution in [1.29, 1.82) is 0 Å². The molecule has 0 aliphatic carbocycles. The van der Waals surface area contributed by atoms with Crippen LogP contribution in [-0.4, -0.2) is 43.5 Å². The van der Waals surface area contributed by atoms with Gasteiger partial charge in [0, 0.05) is 24.3 Å². The van der Waals surface area contributed by atoms with Crippen molar-refractivity contribution in [2.45, 2.75) is 26.7 Å². The van der Waals surface area contributed by atoms with Crippen LogP contribution in [0.1, 0.15) is 36.2 Å². The number of aryl methyl sites for hydroxylation is 1. The Labute approximate surface area is 186 Å². The molecule has 0 unspecified atom stereocenters. The molecule has 168 valence electrons. The lowest BCUT2D eigenvalue weighted by atomic mass is 10.1. The summed E-state index contributed by atoms with van der Waals surface area (Å²) in [4.78, 5) is 50.1. The number of carbonyl (C=O) groups excluding carboxylic acids is 4. The van der Waals surface area contributed by atoms with Crippen molar-refractivity contribution in [3.8, 4) is 0 Å². The molecule has 0 spiro atoms. The van der Waals surface area contributed by atoms with Gasteiger partial charge in [0.05, 0.1) is 18.1 Å². The van der Waals surface area contributed by atoms with E-state index in [0.29, 0.717) is 16.9 Å². The van der Waals surface area contributed by atoms with Gasteiger partial charge in [0.25, 0.3) is 5.91 Å². The molecule has 8 heteroatoms. The number of hydrogen-bond acceptors (Lipinski definition) is 6. The molecule has 8 nitrogen and oxygen atoms in total. The summed E-state index contributed by atoms with van der Waals surface area (Å²) in [6.45, 7) is 3.77. The summed E-state index contributed by atoms with van der Waals surface area (Å²) in [5.41, 5.74) is 2.73. The van der Waals surface area contributed by atoms with E-state index < -0.39 is 30.4 Å². The molecule has 0 saturated carbocycles. The average molecular weight is 438 g/mol. The normalized spacial score (nSPS) is 15.4. The predicted molar refractivity (Wildman–Crippen MR) is 118 cm³/mol. The third kappa shape index (κ3) is 5.72. The Bertz CT molecular complexity index is 985. The minimum atomic E-state index is -0.663. The summed E-state index contributed by atoms with van der Waals surface area (Å²) in [6, 6.07) is 13.8. The van der Waals surface area contributed by atoms with Crippen LogP contribution in [0.2, 0.25) is 0 Å². The maximum Gasteiger partial charge on any atom is 0.338 e. The fourth-order valence-corrected chi connectivity index (χ4v) is 3.38. The summed E-state index contributed by atoms with van der Waals surface area (Å²) < 4.78 is 10.1. The van der Waals surface area contributed by atoms with E-state index >= 15 is 0 Å². The van der Waals surface area contributed by atoms with Crippen LogP contribution in [0.25, 0.3) is 0 Å². The van der Waals surface area contributed by atoms with E-state index in [-0.39, 0.29) is 25.5 Å².